The maximum Gasteiger partial charge on any atom is 0.319 e. The van der Waals surface area contributed by atoms with Crippen LogP contribution in [-0.2, 0) is 11.2 Å². The van der Waals surface area contributed by atoms with Crippen molar-refractivity contribution in [2.24, 2.45) is 0 Å². The molecule has 23 heavy (non-hydrogen) atoms. The van der Waals surface area contributed by atoms with Gasteiger partial charge in [0.05, 0.1) is 0 Å². The molecule has 0 aliphatic carbocycles. The molecule has 0 bridgehead atoms. The average Bonchev–Trinajstić information content (AvgIpc) is 2.49. The van der Waals surface area contributed by atoms with E-state index >= 15 is 0 Å². The highest BCUT2D eigenvalue weighted by Crippen LogP contribution is 2.13. The quantitative estimate of drug-likeness (QED) is 0.782. The highest BCUT2D eigenvalue weighted by Gasteiger charge is 2.02. The van der Waals surface area contributed by atoms with Gasteiger partial charge in [0.2, 0.25) is 5.91 Å². The van der Waals surface area contributed by atoms with Crippen LogP contribution in [-0.4, -0.2) is 18.5 Å². The number of hydrogen-bond acceptors (Lipinski definition) is 2. The molecule has 0 spiro atoms. The van der Waals surface area contributed by atoms with E-state index in [1.807, 2.05) is 24.3 Å². The Balaban J connectivity index is 1.77. The van der Waals surface area contributed by atoms with Crippen LogP contribution in [0.1, 0.15) is 12.5 Å². The van der Waals surface area contributed by atoms with E-state index < -0.39 is 0 Å². The van der Waals surface area contributed by atoms with E-state index in [9.17, 15) is 9.59 Å². The Morgan fingerprint density at radius 3 is 2.26 bits per heavy atom. The minimum atomic E-state index is -0.278. The van der Waals surface area contributed by atoms with E-state index in [4.69, 9.17) is 11.6 Å². The van der Waals surface area contributed by atoms with Crippen LogP contribution in [0.25, 0.3) is 0 Å². The Kier molecular flexibility index (Phi) is 6.00. The largest absolute Gasteiger partial charge is 0.338 e. The zero-order valence-corrected chi connectivity index (χ0v) is 13.5. The first kappa shape index (κ1) is 16.8. The van der Waals surface area contributed by atoms with Gasteiger partial charge in [-0.15, -0.1) is 0 Å². The number of carbonyl (C=O) groups excluding carboxylic acids is 2. The van der Waals surface area contributed by atoms with Gasteiger partial charge in [-0.2, -0.15) is 0 Å². The molecular weight excluding hydrogens is 314 g/mol. The molecule has 2 aromatic carbocycles. The summed E-state index contributed by atoms with van der Waals surface area (Å²) in [5, 5.41) is 8.86. The Morgan fingerprint density at radius 1 is 1.00 bits per heavy atom. The molecule has 0 saturated carbocycles. The SMILES string of the molecule is CC(=O)Nc1ccc(NC(=O)NCCc2cccc(Cl)c2)cc1. The fourth-order valence-corrected chi connectivity index (χ4v) is 2.24. The standard InChI is InChI=1S/C17H18ClN3O2/c1-12(22)20-15-5-7-16(8-6-15)21-17(23)19-10-9-13-3-2-4-14(18)11-13/h2-8,11H,9-10H2,1H3,(H,20,22)(H2,19,21,23). The van der Waals surface area contributed by atoms with Crippen molar-refractivity contribution in [3.63, 3.8) is 0 Å². The van der Waals surface area contributed by atoms with E-state index in [1.54, 1.807) is 24.3 Å². The van der Waals surface area contributed by atoms with Crippen LogP contribution in [0.3, 0.4) is 0 Å². The second-order valence-corrected chi connectivity index (χ2v) is 5.46. The van der Waals surface area contributed by atoms with Crippen molar-refractivity contribution in [2.75, 3.05) is 17.2 Å². The van der Waals surface area contributed by atoms with Gasteiger partial charge >= 0.3 is 6.03 Å². The molecule has 6 heteroatoms. The third-order valence-electron chi connectivity index (χ3n) is 3.05. The summed E-state index contributed by atoms with van der Waals surface area (Å²) in [4.78, 5) is 22.7. The lowest BCUT2D eigenvalue weighted by atomic mass is 10.1. The number of halogens is 1. The van der Waals surface area contributed by atoms with Gasteiger partial charge in [-0.05, 0) is 48.4 Å². The van der Waals surface area contributed by atoms with Crippen molar-refractivity contribution in [1.29, 1.82) is 0 Å². The molecule has 0 unspecified atom stereocenters. The van der Waals surface area contributed by atoms with Crippen LogP contribution in [0.2, 0.25) is 5.02 Å². The molecule has 5 nitrogen and oxygen atoms in total. The Labute approximate surface area is 140 Å². The molecule has 0 aliphatic rings. The number of hydrogen-bond donors (Lipinski definition) is 3. The molecule has 0 fully saturated rings. The van der Waals surface area contributed by atoms with Crippen molar-refractivity contribution < 1.29 is 9.59 Å². The van der Waals surface area contributed by atoms with Gasteiger partial charge in [0.25, 0.3) is 0 Å². The van der Waals surface area contributed by atoms with Gasteiger partial charge in [-0.3, -0.25) is 4.79 Å². The van der Waals surface area contributed by atoms with Crippen LogP contribution >= 0.6 is 11.6 Å². The molecule has 0 atom stereocenters. The fourth-order valence-electron chi connectivity index (χ4n) is 2.03. The maximum absolute atomic E-state index is 11.8. The topological polar surface area (TPSA) is 70.2 Å². The van der Waals surface area contributed by atoms with Gasteiger partial charge < -0.3 is 16.0 Å². The monoisotopic (exact) mass is 331 g/mol. The number of rotatable bonds is 5. The van der Waals surface area contributed by atoms with Gasteiger partial charge in [0.15, 0.2) is 0 Å². The lowest BCUT2D eigenvalue weighted by Crippen LogP contribution is -2.30. The predicted molar refractivity (Wildman–Crippen MR) is 92.9 cm³/mol. The summed E-state index contributed by atoms with van der Waals surface area (Å²) in [6.45, 7) is 1.95. The Morgan fingerprint density at radius 2 is 1.65 bits per heavy atom. The number of benzene rings is 2. The summed E-state index contributed by atoms with van der Waals surface area (Å²) in [5.41, 5.74) is 2.40. The van der Waals surface area contributed by atoms with Crippen LogP contribution < -0.4 is 16.0 Å². The first-order valence-electron chi connectivity index (χ1n) is 7.20. The minimum Gasteiger partial charge on any atom is -0.338 e. The molecule has 0 aromatic heterocycles. The number of nitrogens with one attached hydrogen (secondary N) is 3. The lowest BCUT2D eigenvalue weighted by molar-refractivity contribution is -0.114. The molecule has 0 aliphatic heterocycles. The molecule has 2 rings (SSSR count). The van der Waals surface area contributed by atoms with Crippen molar-refractivity contribution in [3.8, 4) is 0 Å². The van der Waals surface area contributed by atoms with E-state index in [1.165, 1.54) is 6.92 Å². The highest BCUT2D eigenvalue weighted by atomic mass is 35.5. The van der Waals surface area contributed by atoms with Gasteiger partial charge in [0.1, 0.15) is 0 Å². The highest BCUT2D eigenvalue weighted by molar-refractivity contribution is 6.30. The second-order valence-electron chi connectivity index (χ2n) is 5.02. The van der Waals surface area contributed by atoms with E-state index in [-0.39, 0.29) is 11.9 Å². The van der Waals surface area contributed by atoms with E-state index in [0.29, 0.717) is 29.4 Å². The van der Waals surface area contributed by atoms with E-state index in [2.05, 4.69) is 16.0 Å². The number of amides is 3. The third kappa shape index (κ3) is 6.00. The first-order valence-corrected chi connectivity index (χ1v) is 7.58. The number of urea groups is 1. The summed E-state index contributed by atoms with van der Waals surface area (Å²) in [6, 6.07) is 14.2. The van der Waals surface area contributed by atoms with Crippen molar-refractivity contribution in [3.05, 3.63) is 59.1 Å². The smallest absolute Gasteiger partial charge is 0.319 e. The van der Waals surface area contributed by atoms with E-state index in [0.717, 1.165) is 5.56 Å². The molecule has 3 amide bonds. The predicted octanol–water partition coefficient (Wildman–Crippen LogP) is 3.66. The summed E-state index contributed by atoms with van der Waals surface area (Å²) < 4.78 is 0. The molecule has 0 heterocycles. The number of carbonyl (C=O) groups is 2. The van der Waals surface area contributed by atoms with Crippen molar-refractivity contribution in [2.45, 2.75) is 13.3 Å². The van der Waals surface area contributed by atoms with Gasteiger partial charge in [-0.1, -0.05) is 23.7 Å². The first-order chi connectivity index (χ1) is 11.0. The molecule has 0 saturated heterocycles. The van der Waals surface area contributed by atoms with Crippen LogP contribution in [0, 0.1) is 0 Å². The summed E-state index contributed by atoms with van der Waals surface area (Å²) in [6.07, 6.45) is 0.704. The number of anilines is 2. The van der Waals surface area contributed by atoms with Crippen LogP contribution in [0.5, 0.6) is 0 Å². The normalized spacial score (nSPS) is 10.0. The summed E-state index contributed by atoms with van der Waals surface area (Å²) >= 11 is 5.91. The summed E-state index contributed by atoms with van der Waals surface area (Å²) in [5.74, 6) is -0.135. The average molecular weight is 332 g/mol. The van der Waals surface area contributed by atoms with Crippen LogP contribution in [0.4, 0.5) is 16.2 Å². The lowest BCUT2D eigenvalue weighted by Gasteiger charge is -2.09. The second kappa shape index (κ2) is 8.19. The molecule has 3 N–H and O–H groups in total. The molecule has 120 valence electrons. The van der Waals surface area contributed by atoms with Crippen molar-refractivity contribution >= 4 is 34.9 Å². The minimum absolute atomic E-state index is 0.135. The van der Waals surface area contributed by atoms with Crippen LogP contribution in [0.15, 0.2) is 48.5 Å². The zero-order valence-electron chi connectivity index (χ0n) is 12.7. The third-order valence-corrected chi connectivity index (χ3v) is 3.29. The zero-order chi connectivity index (χ0) is 16.7. The molecular formula is C17H18ClN3O2. The van der Waals surface area contributed by atoms with Crippen molar-refractivity contribution in [1.82, 2.24) is 5.32 Å². The fraction of sp³-hybridized carbons (Fsp3) is 0.176. The van der Waals surface area contributed by atoms with Gasteiger partial charge in [0, 0.05) is 29.9 Å². The molecule has 0 radical (unpaired) electrons. The molecule has 2 aromatic rings. The Hall–Kier alpha value is -2.53. The maximum atomic E-state index is 11.8. The van der Waals surface area contributed by atoms with Gasteiger partial charge in [-0.25, -0.2) is 4.79 Å². The summed E-state index contributed by atoms with van der Waals surface area (Å²) in [7, 11) is 0. The Bertz CT molecular complexity index is 686.